The van der Waals surface area contributed by atoms with Gasteiger partial charge in [0, 0.05) is 34.5 Å². The molecule has 3 N–H and O–H groups in total. The number of nitrogens with one attached hydrogen (secondary N) is 1. The molecule has 0 aliphatic carbocycles. The first-order chi connectivity index (χ1) is 16.2. The van der Waals surface area contributed by atoms with Crippen LogP contribution in [0.2, 0.25) is 0 Å². The highest BCUT2D eigenvalue weighted by Crippen LogP contribution is 2.42. The monoisotopic (exact) mass is 450 g/mol. The summed E-state index contributed by atoms with van der Waals surface area (Å²) in [6, 6.07) is 23.3. The van der Waals surface area contributed by atoms with E-state index >= 15 is 0 Å². The molecule has 2 aromatic carbocycles. The van der Waals surface area contributed by atoms with Gasteiger partial charge in [-0.25, -0.2) is 5.43 Å². The normalized spacial score (nSPS) is 11.2. The van der Waals surface area contributed by atoms with E-state index in [9.17, 15) is 4.79 Å². The topological polar surface area (TPSA) is 106 Å². The minimum atomic E-state index is -0.407. The summed E-state index contributed by atoms with van der Waals surface area (Å²) in [5, 5.41) is 13.6. The zero-order chi connectivity index (χ0) is 22.6. The van der Waals surface area contributed by atoms with Gasteiger partial charge in [-0.1, -0.05) is 66.7 Å². The second-order valence-electron chi connectivity index (χ2n) is 7.17. The summed E-state index contributed by atoms with van der Waals surface area (Å²) < 4.78 is 0. The summed E-state index contributed by atoms with van der Waals surface area (Å²) in [4.78, 5) is 17.8. The molecule has 0 bridgehead atoms. The van der Waals surface area contributed by atoms with Gasteiger partial charge in [0.1, 0.15) is 15.4 Å². The number of nitrogen functional groups attached to an aromatic ring is 1. The highest BCUT2D eigenvalue weighted by Gasteiger charge is 2.23. The first-order valence-corrected chi connectivity index (χ1v) is 11.0. The summed E-state index contributed by atoms with van der Waals surface area (Å²) in [5.41, 5.74) is 13.6. The zero-order valence-electron chi connectivity index (χ0n) is 17.3. The molecule has 33 heavy (non-hydrogen) atoms. The molecule has 0 spiro atoms. The van der Waals surface area contributed by atoms with E-state index < -0.39 is 5.91 Å². The Hall–Kier alpha value is -4.43. The maximum Gasteiger partial charge on any atom is 0.283 e. The van der Waals surface area contributed by atoms with Crippen LogP contribution >= 0.6 is 11.3 Å². The van der Waals surface area contributed by atoms with Gasteiger partial charge < -0.3 is 5.73 Å². The van der Waals surface area contributed by atoms with E-state index in [2.05, 4.69) is 25.7 Å². The Morgan fingerprint density at radius 1 is 0.939 bits per heavy atom. The first kappa shape index (κ1) is 20.5. The molecule has 3 heterocycles. The van der Waals surface area contributed by atoms with Gasteiger partial charge in [-0.2, -0.15) is 5.10 Å². The Morgan fingerprint density at radius 3 is 2.36 bits per heavy atom. The molecule has 0 radical (unpaired) electrons. The third-order valence-corrected chi connectivity index (χ3v) is 6.12. The average molecular weight is 451 g/mol. The summed E-state index contributed by atoms with van der Waals surface area (Å²) in [7, 11) is 0. The minimum Gasteiger partial charge on any atom is -0.397 e. The van der Waals surface area contributed by atoms with E-state index in [4.69, 9.17) is 5.73 Å². The van der Waals surface area contributed by atoms with Gasteiger partial charge in [-0.3, -0.25) is 9.78 Å². The number of amides is 1. The van der Waals surface area contributed by atoms with Crippen LogP contribution in [-0.4, -0.2) is 27.3 Å². The number of rotatable bonds is 5. The number of pyridine rings is 1. The Balaban J connectivity index is 1.60. The van der Waals surface area contributed by atoms with Crippen molar-refractivity contribution in [2.75, 3.05) is 5.73 Å². The van der Waals surface area contributed by atoms with Crippen molar-refractivity contribution in [1.82, 2.24) is 20.6 Å². The molecule has 0 fully saturated rings. The predicted octanol–water partition coefficient (Wildman–Crippen LogP) is 4.77. The number of hydrogen-bond acceptors (Lipinski definition) is 7. The lowest BCUT2D eigenvalue weighted by Gasteiger charge is -2.11. The molecular weight excluding hydrogens is 432 g/mol. The third kappa shape index (κ3) is 4.07. The van der Waals surface area contributed by atoms with E-state index in [0.29, 0.717) is 26.5 Å². The van der Waals surface area contributed by atoms with E-state index in [1.165, 1.54) is 17.6 Å². The lowest BCUT2D eigenvalue weighted by molar-refractivity contribution is 0.0960. The van der Waals surface area contributed by atoms with Crippen LogP contribution in [0.1, 0.15) is 15.2 Å². The van der Waals surface area contributed by atoms with Gasteiger partial charge in [-0.15, -0.1) is 21.5 Å². The van der Waals surface area contributed by atoms with Crippen LogP contribution in [0.3, 0.4) is 0 Å². The quantitative estimate of drug-likeness (QED) is 0.296. The number of fused-ring (bicyclic) bond motifs is 1. The fourth-order valence-corrected chi connectivity index (χ4v) is 4.47. The molecular formula is C25H18N6OS. The minimum absolute atomic E-state index is 0.338. The van der Waals surface area contributed by atoms with E-state index in [0.717, 1.165) is 22.3 Å². The van der Waals surface area contributed by atoms with E-state index in [1.807, 2.05) is 66.7 Å². The lowest BCUT2D eigenvalue weighted by atomic mass is 9.96. The summed E-state index contributed by atoms with van der Waals surface area (Å²) in [6.07, 6.45) is 4.84. The Morgan fingerprint density at radius 2 is 1.67 bits per heavy atom. The number of aromatic nitrogens is 3. The smallest absolute Gasteiger partial charge is 0.283 e. The number of benzene rings is 2. The van der Waals surface area contributed by atoms with Crippen molar-refractivity contribution in [2.24, 2.45) is 5.10 Å². The van der Waals surface area contributed by atoms with Crippen LogP contribution in [0.4, 0.5) is 5.69 Å². The number of hydrogen-bond donors (Lipinski definition) is 2. The average Bonchev–Trinajstić information content (AvgIpc) is 3.21. The molecule has 5 rings (SSSR count). The second-order valence-corrected chi connectivity index (χ2v) is 8.17. The molecule has 0 saturated heterocycles. The Labute approximate surface area is 193 Å². The van der Waals surface area contributed by atoms with Crippen LogP contribution in [-0.2, 0) is 0 Å². The Kier molecular flexibility index (Phi) is 5.57. The number of nitrogens with zero attached hydrogens (tertiary/aromatic N) is 4. The van der Waals surface area contributed by atoms with Gasteiger partial charge in [0.2, 0.25) is 0 Å². The van der Waals surface area contributed by atoms with E-state index in [-0.39, 0.29) is 0 Å². The highest BCUT2D eigenvalue weighted by atomic mass is 32.1. The number of carbonyl (C=O) groups is 1. The Bertz CT molecular complexity index is 1450. The fourth-order valence-electron chi connectivity index (χ4n) is 3.53. The number of hydrazone groups is 1. The number of thiophene rings is 1. The number of anilines is 1. The van der Waals surface area contributed by atoms with Crippen molar-refractivity contribution >= 4 is 39.4 Å². The molecule has 0 aliphatic rings. The highest BCUT2D eigenvalue weighted by molar-refractivity contribution is 7.21. The molecule has 3 aromatic heterocycles. The molecule has 0 aliphatic heterocycles. The largest absolute Gasteiger partial charge is 0.397 e. The van der Waals surface area contributed by atoms with Crippen LogP contribution in [0.15, 0.2) is 90.3 Å². The van der Waals surface area contributed by atoms with Crippen molar-refractivity contribution in [3.8, 4) is 22.4 Å². The first-order valence-electron chi connectivity index (χ1n) is 10.2. The fraction of sp³-hybridized carbons (Fsp3) is 0. The van der Waals surface area contributed by atoms with Crippen molar-refractivity contribution < 1.29 is 4.79 Å². The summed E-state index contributed by atoms with van der Waals surface area (Å²) in [6.45, 7) is 0. The predicted molar refractivity (Wildman–Crippen MR) is 132 cm³/mol. The summed E-state index contributed by atoms with van der Waals surface area (Å²) >= 11 is 1.19. The standard InChI is InChI=1S/C25H18N6OS/c26-21-20-19(17-9-3-1-4-10-17)22(18-11-5-2-6-12-18)29-31-25(20)33-23(21)24(32)30-28-15-16-8-7-13-27-14-16/h1-15H,26H2,(H,30,32)/b28-15+. The van der Waals surface area contributed by atoms with Crippen LogP contribution in [0, 0.1) is 0 Å². The van der Waals surface area contributed by atoms with Gasteiger partial charge in [0.25, 0.3) is 5.91 Å². The van der Waals surface area contributed by atoms with Gasteiger partial charge in [-0.05, 0) is 11.6 Å². The lowest BCUT2D eigenvalue weighted by Crippen LogP contribution is -2.17. The van der Waals surface area contributed by atoms with Gasteiger partial charge in [0.05, 0.1) is 11.9 Å². The molecule has 0 atom stereocenters. The maximum atomic E-state index is 12.9. The molecule has 7 nitrogen and oxygen atoms in total. The number of carbonyl (C=O) groups excluding carboxylic acids is 1. The molecule has 1 amide bonds. The van der Waals surface area contributed by atoms with E-state index in [1.54, 1.807) is 18.5 Å². The number of nitrogens with two attached hydrogens (primary N) is 1. The van der Waals surface area contributed by atoms with Crippen molar-refractivity contribution in [3.05, 3.63) is 95.6 Å². The molecule has 8 heteroatoms. The van der Waals surface area contributed by atoms with Gasteiger partial charge >= 0.3 is 0 Å². The molecule has 0 unspecified atom stereocenters. The molecule has 5 aromatic rings. The molecule has 160 valence electrons. The van der Waals surface area contributed by atoms with Crippen molar-refractivity contribution in [2.45, 2.75) is 0 Å². The molecule has 0 saturated carbocycles. The third-order valence-electron chi connectivity index (χ3n) is 5.03. The van der Waals surface area contributed by atoms with Crippen LogP contribution < -0.4 is 11.2 Å². The van der Waals surface area contributed by atoms with Gasteiger partial charge in [0.15, 0.2) is 0 Å². The maximum absolute atomic E-state index is 12.9. The van der Waals surface area contributed by atoms with Crippen LogP contribution in [0.5, 0.6) is 0 Å². The summed E-state index contributed by atoms with van der Waals surface area (Å²) in [5.74, 6) is -0.407. The van der Waals surface area contributed by atoms with Crippen LogP contribution in [0.25, 0.3) is 32.6 Å². The van der Waals surface area contributed by atoms with Crippen molar-refractivity contribution in [3.63, 3.8) is 0 Å². The second kappa shape index (κ2) is 8.97. The van der Waals surface area contributed by atoms with Crippen molar-refractivity contribution in [1.29, 1.82) is 0 Å². The zero-order valence-corrected chi connectivity index (χ0v) is 18.2. The SMILES string of the molecule is Nc1c(C(=O)N/N=C/c2cccnc2)sc2nnc(-c3ccccc3)c(-c3ccccc3)c12.